The summed E-state index contributed by atoms with van der Waals surface area (Å²) in [5, 5.41) is -0.544. The third-order valence-electron chi connectivity index (χ3n) is 2.64. The van der Waals surface area contributed by atoms with Gasteiger partial charge in [0, 0.05) is 13.0 Å². The van der Waals surface area contributed by atoms with Gasteiger partial charge in [0.1, 0.15) is 5.69 Å². The molecule has 0 saturated carbocycles. The number of piperidine rings is 1. The second-order valence-electron chi connectivity index (χ2n) is 4.03. The Morgan fingerprint density at radius 3 is 2.63 bits per heavy atom. The van der Waals surface area contributed by atoms with Gasteiger partial charge in [0.15, 0.2) is 11.0 Å². The van der Waals surface area contributed by atoms with E-state index in [9.17, 15) is 22.4 Å². The minimum absolute atomic E-state index is 0.102. The average Bonchev–Trinajstić information content (AvgIpc) is 2.26. The molecule has 1 aromatic rings. The zero-order valence-electron chi connectivity index (χ0n) is 9.42. The molecule has 19 heavy (non-hydrogen) atoms. The van der Waals surface area contributed by atoms with Crippen LogP contribution in [0.4, 0.5) is 23.4 Å². The maximum atomic E-state index is 13.0. The molecule has 0 aromatic carbocycles. The lowest BCUT2D eigenvalue weighted by molar-refractivity contribution is -0.129. The summed E-state index contributed by atoms with van der Waals surface area (Å²) in [5.74, 6) is -3.99. The van der Waals surface area contributed by atoms with Crippen molar-refractivity contribution in [2.45, 2.75) is 25.2 Å². The van der Waals surface area contributed by atoms with E-state index in [-0.39, 0.29) is 12.4 Å². The van der Waals surface area contributed by atoms with Crippen molar-refractivity contribution in [3.8, 4) is 0 Å². The molecule has 0 spiro atoms. The Balaban J connectivity index is 2.24. The molecule has 1 aromatic heterocycles. The molecule has 1 aliphatic rings. The number of aromatic nitrogens is 2. The molecule has 9 heteroatoms. The highest BCUT2D eigenvalue weighted by molar-refractivity contribution is 6.30. The van der Waals surface area contributed by atoms with Crippen molar-refractivity contribution in [2.24, 2.45) is 0 Å². The zero-order valence-corrected chi connectivity index (χ0v) is 10.2. The van der Waals surface area contributed by atoms with Crippen LogP contribution in [0, 0.1) is 0 Å². The van der Waals surface area contributed by atoms with E-state index >= 15 is 0 Å². The second-order valence-corrected chi connectivity index (χ2v) is 4.39. The van der Waals surface area contributed by atoms with Gasteiger partial charge in [0.2, 0.25) is 5.91 Å². The Kier molecular flexibility index (Phi) is 3.62. The fraction of sp³-hybridized carbons (Fsp3) is 0.500. The van der Waals surface area contributed by atoms with Crippen molar-refractivity contribution in [3.63, 3.8) is 0 Å². The lowest BCUT2D eigenvalue weighted by Crippen LogP contribution is -2.44. The summed E-state index contributed by atoms with van der Waals surface area (Å²) < 4.78 is 50.8. The highest BCUT2D eigenvalue weighted by Crippen LogP contribution is 2.32. The van der Waals surface area contributed by atoms with Crippen LogP contribution in [-0.4, -0.2) is 28.3 Å². The normalized spacial score (nSPS) is 19.1. The van der Waals surface area contributed by atoms with E-state index in [1.165, 1.54) is 0 Å². The number of rotatable bonds is 2. The Bertz CT molecular complexity index is 512. The molecule has 0 aliphatic carbocycles. The first kappa shape index (κ1) is 14.0. The molecule has 2 rings (SSSR count). The standard InChI is InChI=1S/C10H8ClF4N3O/c11-8-7(9(12)13)16-4-5(17-8)18-2-1-10(14,15)3-6(18)19/h4,9H,1-3H2. The molecule has 1 fully saturated rings. The minimum atomic E-state index is -3.05. The molecule has 1 amide bonds. The highest BCUT2D eigenvalue weighted by Gasteiger charge is 2.40. The van der Waals surface area contributed by atoms with Crippen LogP contribution >= 0.6 is 11.6 Å². The Morgan fingerprint density at radius 1 is 1.42 bits per heavy atom. The summed E-state index contributed by atoms with van der Waals surface area (Å²) in [6.07, 6.45) is -3.43. The molecule has 0 radical (unpaired) electrons. The third kappa shape index (κ3) is 2.94. The first-order valence-corrected chi connectivity index (χ1v) is 5.67. The van der Waals surface area contributed by atoms with Crippen LogP contribution in [0.5, 0.6) is 0 Å². The number of nitrogens with zero attached hydrogens (tertiary/aromatic N) is 3. The van der Waals surface area contributed by atoms with Gasteiger partial charge in [-0.1, -0.05) is 11.6 Å². The van der Waals surface area contributed by atoms with E-state index in [2.05, 4.69) is 9.97 Å². The van der Waals surface area contributed by atoms with Crippen molar-refractivity contribution in [2.75, 3.05) is 11.4 Å². The van der Waals surface area contributed by atoms with Gasteiger partial charge in [-0.05, 0) is 0 Å². The van der Waals surface area contributed by atoms with Gasteiger partial charge in [-0.3, -0.25) is 9.69 Å². The maximum Gasteiger partial charge on any atom is 0.283 e. The predicted molar refractivity (Wildman–Crippen MR) is 58.5 cm³/mol. The van der Waals surface area contributed by atoms with Crippen LogP contribution in [0.3, 0.4) is 0 Å². The minimum Gasteiger partial charge on any atom is -0.295 e. The molecule has 1 aliphatic heterocycles. The number of carbonyl (C=O) groups excluding carboxylic acids is 1. The zero-order chi connectivity index (χ0) is 14.2. The molecule has 1 saturated heterocycles. The van der Waals surface area contributed by atoms with E-state index in [4.69, 9.17) is 11.6 Å². The molecule has 0 atom stereocenters. The van der Waals surface area contributed by atoms with Crippen molar-refractivity contribution in [3.05, 3.63) is 17.0 Å². The van der Waals surface area contributed by atoms with Crippen LogP contribution in [-0.2, 0) is 4.79 Å². The summed E-state index contributed by atoms with van der Waals surface area (Å²) in [6, 6.07) is 0. The molecule has 0 bridgehead atoms. The molecule has 0 unspecified atom stereocenters. The second kappa shape index (κ2) is 4.92. The van der Waals surface area contributed by atoms with Crippen LogP contribution in [0.15, 0.2) is 6.20 Å². The van der Waals surface area contributed by atoms with Gasteiger partial charge in [-0.15, -0.1) is 0 Å². The lowest BCUT2D eigenvalue weighted by Gasteiger charge is -2.30. The number of carbonyl (C=O) groups is 1. The topological polar surface area (TPSA) is 46.1 Å². The van der Waals surface area contributed by atoms with Crippen LogP contribution in [0.1, 0.15) is 25.0 Å². The summed E-state index contributed by atoms with van der Waals surface area (Å²) in [6.45, 7) is -0.259. The summed E-state index contributed by atoms with van der Waals surface area (Å²) >= 11 is 5.51. The summed E-state index contributed by atoms with van der Waals surface area (Å²) in [5.41, 5.74) is -0.708. The molecule has 2 heterocycles. The van der Waals surface area contributed by atoms with Gasteiger partial charge >= 0.3 is 0 Å². The summed E-state index contributed by atoms with van der Waals surface area (Å²) in [4.78, 5) is 19.5. The average molecular weight is 298 g/mol. The summed E-state index contributed by atoms with van der Waals surface area (Å²) in [7, 11) is 0. The molecule has 0 N–H and O–H groups in total. The number of hydrogen-bond donors (Lipinski definition) is 0. The predicted octanol–water partition coefficient (Wildman–Crippen LogP) is 2.83. The van der Waals surface area contributed by atoms with E-state index in [1.54, 1.807) is 0 Å². The molecule has 104 valence electrons. The van der Waals surface area contributed by atoms with E-state index < -0.39 is 41.9 Å². The van der Waals surface area contributed by atoms with E-state index in [0.29, 0.717) is 0 Å². The quantitative estimate of drug-likeness (QED) is 0.789. The first-order valence-electron chi connectivity index (χ1n) is 5.29. The van der Waals surface area contributed by atoms with E-state index in [1.807, 2.05) is 0 Å². The van der Waals surface area contributed by atoms with E-state index in [0.717, 1.165) is 11.1 Å². The number of anilines is 1. The smallest absolute Gasteiger partial charge is 0.283 e. The van der Waals surface area contributed by atoms with Gasteiger partial charge in [0.05, 0.1) is 12.6 Å². The van der Waals surface area contributed by atoms with Crippen molar-refractivity contribution < 1.29 is 22.4 Å². The lowest BCUT2D eigenvalue weighted by atomic mass is 10.1. The Hall–Kier alpha value is -1.44. The monoisotopic (exact) mass is 297 g/mol. The van der Waals surface area contributed by atoms with Crippen molar-refractivity contribution >= 4 is 23.3 Å². The van der Waals surface area contributed by atoms with Crippen molar-refractivity contribution in [1.29, 1.82) is 0 Å². The molecular formula is C10H8ClF4N3O. The van der Waals surface area contributed by atoms with Gasteiger partial charge in [-0.25, -0.2) is 27.5 Å². The van der Waals surface area contributed by atoms with Gasteiger partial charge in [0.25, 0.3) is 12.3 Å². The number of hydrogen-bond acceptors (Lipinski definition) is 3. The molecule has 4 nitrogen and oxygen atoms in total. The SMILES string of the molecule is O=C1CC(F)(F)CCN1c1cnc(C(F)F)c(Cl)n1. The van der Waals surface area contributed by atoms with Gasteiger partial charge in [-0.2, -0.15) is 0 Å². The first-order chi connectivity index (χ1) is 8.80. The fourth-order valence-electron chi connectivity index (χ4n) is 1.69. The Morgan fingerprint density at radius 2 is 2.11 bits per heavy atom. The molecular weight excluding hydrogens is 290 g/mol. The fourth-order valence-corrected chi connectivity index (χ4v) is 1.91. The van der Waals surface area contributed by atoms with Crippen molar-refractivity contribution in [1.82, 2.24) is 9.97 Å². The number of alkyl halides is 4. The number of halogens is 5. The van der Waals surface area contributed by atoms with Crippen LogP contribution in [0.2, 0.25) is 5.15 Å². The van der Waals surface area contributed by atoms with Crippen LogP contribution < -0.4 is 4.90 Å². The van der Waals surface area contributed by atoms with Gasteiger partial charge < -0.3 is 0 Å². The largest absolute Gasteiger partial charge is 0.295 e. The Labute approximate surface area is 110 Å². The highest BCUT2D eigenvalue weighted by atomic mass is 35.5. The number of amides is 1. The third-order valence-corrected chi connectivity index (χ3v) is 2.92. The maximum absolute atomic E-state index is 13.0. The van der Waals surface area contributed by atoms with Crippen LogP contribution in [0.25, 0.3) is 0 Å².